The number of carbonyl (C=O) groups is 1. The van der Waals surface area contributed by atoms with Gasteiger partial charge in [0.15, 0.2) is 5.13 Å². The first kappa shape index (κ1) is 16.1. The van der Waals surface area contributed by atoms with Crippen LogP contribution in [-0.2, 0) is 11.2 Å². The van der Waals surface area contributed by atoms with Crippen LogP contribution in [0.2, 0.25) is 0 Å². The van der Waals surface area contributed by atoms with Crippen LogP contribution in [0.15, 0.2) is 36.7 Å². The molecule has 0 bridgehead atoms. The van der Waals surface area contributed by atoms with Crippen molar-refractivity contribution in [3.63, 3.8) is 0 Å². The van der Waals surface area contributed by atoms with E-state index in [4.69, 9.17) is 4.98 Å². The summed E-state index contributed by atoms with van der Waals surface area (Å²) in [6.07, 6.45) is 6.08. The number of aryl methyl sites for hydroxylation is 1. The minimum absolute atomic E-state index is 0.257. The van der Waals surface area contributed by atoms with Crippen molar-refractivity contribution in [2.45, 2.75) is 19.3 Å². The van der Waals surface area contributed by atoms with Crippen LogP contribution in [-0.4, -0.2) is 52.2 Å². The van der Waals surface area contributed by atoms with Crippen LogP contribution in [0.5, 0.6) is 0 Å². The number of carbonyl (C=O) groups excluding carboxylic acids is 1. The Balaban J connectivity index is 1.28. The van der Waals surface area contributed by atoms with Gasteiger partial charge in [-0.3, -0.25) is 9.89 Å². The lowest BCUT2D eigenvalue weighted by Crippen LogP contribution is -2.48. The molecule has 3 aromatic rings. The molecule has 1 fully saturated rings. The van der Waals surface area contributed by atoms with Crippen LogP contribution < -0.4 is 4.90 Å². The largest absolute Gasteiger partial charge is 0.345 e. The first-order chi connectivity index (χ1) is 12.3. The van der Waals surface area contributed by atoms with Crippen molar-refractivity contribution in [2.75, 3.05) is 31.1 Å². The van der Waals surface area contributed by atoms with Gasteiger partial charge in [0.05, 0.1) is 16.4 Å². The fourth-order valence-corrected chi connectivity index (χ4v) is 4.18. The second kappa shape index (κ2) is 7.23. The highest BCUT2D eigenvalue weighted by atomic mass is 32.1. The number of aromatic amines is 1. The highest BCUT2D eigenvalue weighted by Gasteiger charge is 2.22. The number of amides is 1. The van der Waals surface area contributed by atoms with Gasteiger partial charge in [0.2, 0.25) is 5.91 Å². The summed E-state index contributed by atoms with van der Waals surface area (Å²) in [6.45, 7) is 3.27. The van der Waals surface area contributed by atoms with Gasteiger partial charge in [-0.25, -0.2) is 4.98 Å². The number of hydrogen-bond acceptors (Lipinski definition) is 5. The first-order valence-corrected chi connectivity index (χ1v) is 9.47. The Morgan fingerprint density at radius 2 is 2.04 bits per heavy atom. The van der Waals surface area contributed by atoms with Crippen molar-refractivity contribution < 1.29 is 4.79 Å². The van der Waals surface area contributed by atoms with Crippen LogP contribution >= 0.6 is 11.3 Å². The molecule has 1 amide bonds. The van der Waals surface area contributed by atoms with Crippen LogP contribution in [0.25, 0.3) is 10.2 Å². The molecule has 4 rings (SSSR count). The SMILES string of the molecule is O=C(CCCc1cn[nH]c1)N1CCN(c2nc3ccccc3s2)CC1. The van der Waals surface area contributed by atoms with Gasteiger partial charge in [0.1, 0.15) is 0 Å². The maximum Gasteiger partial charge on any atom is 0.222 e. The molecule has 7 heteroatoms. The van der Waals surface area contributed by atoms with Crippen molar-refractivity contribution >= 4 is 32.6 Å². The highest BCUT2D eigenvalue weighted by molar-refractivity contribution is 7.22. The smallest absolute Gasteiger partial charge is 0.222 e. The zero-order chi connectivity index (χ0) is 17.1. The lowest BCUT2D eigenvalue weighted by atomic mass is 10.1. The Kier molecular flexibility index (Phi) is 4.65. The van der Waals surface area contributed by atoms with Gasteiger partial charge < -0.3 is 9.80 Å². The van der Waals surface area contributed by atoms with Gasteiger partial charge in [-0.05, 0) is 30.5 Å². The van der Waals surface area contributed by atoms with E-state index in [1.54, 1.807) is 11.3 Å². The van der Waals surface area contributed by atoms with E-state index in [2.05, 4.69) is 27.2 Å². The normalized spacial score (nSPS) is 15.0. The van der Waals surface area contributed by atoms with Crippen molar-refractivity contribution in [3.8, 4) is 0 Å². The maximum absolute atomic E-state index is 12.4. The lowest BCUT2D eigenvalue weighted by Gasteiger charge is -2.34. The molecule has 3 heterocycles. The predicted octanol–water partition coefficient (Wildman–Crippen LogP) is 2.69. The minimum atomic E-state index is 0.257. The van der Waals surface area contributed by atoms with Crippen LogP contribution in [0, 0.1) is 0 Å². The number of hydrogen-bond donors (Lipinski definition) is 1. The van der Waals surface area contributed by atoms with E-state index in [1.807, 2.05) is 29.4 Å². The third kappa shape index (κ3) is 3.66. The maximum atomic E-state index is 12.4. The van der Waals surface area contributed by atoms with E-state index >= 15 is 0 Å². The summed E-state index contributed by atoms with van der Waals surface area (Å²) in [4.78, 5) is 21.4. The summed E-state index contributed by atoms with van der Waals surface area (Å²) < 4.78 is 1.22. The number of nitrogens with one attached hydrogen (secondary N) is 1. The molecule has 2 aromatic heterocycles. The molecule has 1 aliphatic rings. The fraction of sp³-hybridized carbons (Fsp3) is 0.389. The van der Waals surface area contributed by atoms with Crippen LogP contribution in [0.3, 0.4) is 0 Å². The van der Waals surface area contributed by atoms with Gasteiger partial charge >= 0.3 is 0 Å². The number of fused-ring (bicyclic) bond motifs is 1. The third-order valence-corrected chi connectivity index (χ3v) is 5.69. The average molecular weight is 355 g/mol. The molecule has 0 spiro atoms. The van der Waals surface area contributed by atoms with Gasteiger partial charge in [-0.15, -0.1) is 0 Å². The zero-order valence-electron chi connectivity index (χ0n) is 14.0. The summed E-state index contributed by atoms with van der Waals surface area (Å²) in [5.74, 6) is 0.257. The summed E-state index contributed by atoms with van der Waals surface area (Å²) >= 11 is 1.73. The Hall–Kier alpha value is -2.41. The summed E-state index contributed by atoms with van der Waals surface area (Å²) in [5.41, 5.74) is 2.22. The van der Waals surface area contributed by atoms with Crippen LogP contribution in [0.1, 0.15) is 18.4 Å². The van der Waals surface area contributed by atoms with E-state index in [1.165, 1.54) is 4.70 Å². The molecule has 1 aromatic carbocycles. The number of H-pyrrole nitrogens is 1. The van der Waals surface area contributed by atoms with Gasteiger partial charge in [-0.1, -0.05) is 23.5 Å². The molecular weight excluding hydrogens is 334 g/mol. The number of para-hydroxylation sites is 1. The number of nitrogens with zero attached hydrogens (tertiary/aromatic N) is 4. The van der Waals surface area contributed by atoms with Gasteiger partial charge in [-0.2, -0.15) is 5.10 Å². The van der Waals surface area contributed by atoms with E-state index in [9.17, 15) is 4.79 Å². The number of thiazole rings is 1. The molecule has 0 saturated carbocycles. The van der Waals surface area contributed by atoms with Crippen molar-refractivity contribution in [3.05, 3.63) is 42.2 Å². The number of rotatable bonds is 5. The van der Waals surface area contributed by atoms with Gasteiger partial charge in [0, 0.05) is 38.8 Å². The number of anilines is 1. The third-order valence-electron chi connectivity index (χ3n) is 4.60. The van der Waals surface area contributed by atoms with Crippen molar-refractivity contribution in [2.24, 2.45) is 0 Å². The monoisotopic (exact) mass is 355 g/mol. The lowest BCUT2D eigenvalue weighted by molar-refractivity contribution is -0.131. The van der Waals surface area contributed by atoms with Gasteiger partial charge in [0.25, 0.3) is 0 Å². The first-order valence-electron chi connectivity index (χ1n) is 8.65. The molecule has 6 nitrogen and oxygen atoms in total. The summed E-state index contributed by atoms with van der Waals surface area (Å²) in [6, 6.07) is 8.22. The Morgan fingerprint density at radius 3 is 2.80 bits per heavy atom. The number of benzene rings is 1. The fourth-order valence-electron chi connectivity index (χ4n) is 3.16. The van der Waals surface area contributed by atoms with E-state index in [-0.39, 0.29) is 5.91 Å². The Bertz CT molecular complexity index is 803. The van der Waals surface area contributed by atoms with E-state index < -0.39 is 0 Å². The molecule has 1 aliphatic heterocycles. The summed E-state index contributed by atoms with van der Waals surface area (Å²) in [5, 5.41) is 7.80. The second-order valence-corrected chi connectivity index (χ2v) is 7.30. The second-order valence-electron chi connectivity index (χ2n) is 6.29. The van der Waals surface area contributed by atoms with Crippen LogP contribution in [0.4, 0.5) is 5.13 Å². The molecule has 1 N–H and O–H groups in total. The molecule has 1 saturated heterocycles. The van der Waals surface area contributed by atoms with E-state index in [0.29, 0.717) is 6.42 Å². The predicted molar refractivity (Wildman–Crippen MR) is 99.9 cm³/mol. The Morgan fingerprint density at radius 1 is 1.20 bits per heavy atom. The minimum Gasteiger partial charge on any atom is -0.345 e. The topological polar surface area (TPSA) is 65.1 Å². The molecule has 0 radical (unpaired) electrons. The molecule has 130 valence electrons. The molecule has 0 unspecified atom stereocenters. The average Bonchev–Trinajstić information content (AvgIpc) is 3.31. The number of aromatic nitrogens is 3. The van der Waals surface area contributed by atoms with Crippen molar-refractivity contribution in [1.29, 1.82) is 0 Å². The Labute approximate surface area is 150 Å². The van der Waals surface area contributed by atoms with Crippen molar-refractivity contribution in [1.82, 2.24) is 20.1 Å². The number of piperazine rings is 1. The van der Waals surface area contributed by atoms with E-state index in [0.717, 1.165) is 55.2 Å². The summed E-state index contributed by atoms with van der Waals surface area (Å²) in [7, 11) is 0. The highest BCUT2D eigenvalue weighted by Crippen LogP contribution is 2.29. The molecular formula is C18H21N5OS. The quantitative estimate of drug-likeness (QED) is 0.764. The molecule has 0 atom stereocenters. The molecule has 0 aliphatic carbocycles. The molecule has 25 heavy (non-hydrogen) atoms. The zero-order valence-corrected chi connectivity index (χ0v) is 14.8. The standard InChI is InChI=1S/C18H21N5OS/c24-17(7-3-4-14-12-19-20-13-14)22-8-10-23(11-9-22)18-21-15-5-1-2-6-16(15)25-18/h1-2,5-6,12-13H,3-4,7-11H2,(H,19,20).